The summed E-state index contributed by atoms with van der Waals surface area (Å²) >= 11 is 5.94. The van der Waals surface area contributed by atoms with Crippen molar-refractivity contribution in [3.63, 3.8) is 0 Å². The second kappa shape index (κ2) is 12.4. The summed E-state index contributed by atoms with van der Waals surface area (Å²) in [7, 11) is 1.75. The molecule has 2 aliphatic rings. The van der Waals surface area contributed by atoms with Crippen molar-refractivity contribution in [3.8, 4) is 0 Å². The van der Waals surface area contributed by atoms with E-state index in [1.54, 1.807) is 14.0 Å². The van der Waals surface area contributed by atoms with Gasteiger partial charge < -0.3 is 20.0 Å². The zero-order valence-electron chi connectivity index (χ0n) is 18.2. The van der Waals surface area contributed by atoms with E-state index in [0.29, 0.717) is 24.7 Å². The van der Waals surface area contributed by atoms with Gasteiger partial charge in [0.25, 0.3) is 0 Å². The number of hydrogen-bond donors (Lipinski definition) is 1. The Morgan fingerprint density at radius 1 is 1.06 bits per heavy atom. The highest BCUT2D eigenvalue weighted by Gasteiger charge is 2.26. The Balaban J connectivity index is 0.00000341. The Morgan fingerprint density at radius 3 is 2.29 bits per heavy atom. The highest BCUT2D eigenvalue weighted by atomic mass is 127. The number of rotatable bonds is 5. The van der Waals surface area contributed by atoms with E-state index in [-0.39, 0.29) is 35.8 Å². The molecule has 31 heavy (non-hydrogen) atoms. The van der Waals surface area contributed by atoms with E-state index in [0.717, 1.165) is 57.3 Å². The molecule has 2 saturated heterocycles. The van der Waals surface area contributed by atoms with E-state index in [4.69, 9.17) is 11.6 Å². The van der Waals surface area contributed by atoms with E-state index < -0.39 is 0 Å². The van der Waals surface area contributed by atoms with Gasteiger partial charge in [0, 0.05) is 77.9 Å². The van der Waals surface area contributed by atoms with E-state index in [9.17, 15) is 9.59 Å². The smallest absolute Gasteiger partial charge is 0.242 e. The first-order valence-electron chi connectivity index (χ1n) is 10.4. The lowest BCUT2D eigenvalue weighted by Crippen LogP contribution is -2.56. The molecule has 0 spiro atoms. The molecular weight excluding hydrogens is 531 g/mol. The minimum atomic E-state index is 0. The Morgan fingerprint density at radius 2 is 1.71 bits per heavy atom. The molecule has 172 valence electrons. The van der Waals surface area contributed by atoms with Crippen molar-refractivity contribution in [1.82, 2.24) is 24.9 Å². The first-order valence-corrected chi connectivity index (χ1v) is 10.8. The van der Waals surface area contributed by atoms with Crippen LogP contribution in [0.3, 0.4) is 0 Å². The summed E-state index contributed by atoms with van der Waals surface area (Å²) in [6.07, 6.45) is 0. The highest BCUT2D eigenvalue weighted by molar-refractivity contribution is 14.0. The van der Waals surface area contributed by atoms with Crippen LogP contribution in [0.5, 0.6) is 0 Å². The van der Waals surface area contributed by atoms with Gasteiger partial charge in [0.1, 0.15) is 0 Å². The second-order valence-corrected chi connectivity index (χ2v) is 8.12. The van der Waals surface area contributed by atoms with Crippen molar-refractivity contribution in [2.75, 3.05) is 66.0 Å². The van der Waals surface area contributed by atoms with Crippen molar-refractivity contribution in [2.45, 2.75) is 13.5 Å². The fourth-order valence-electron chi connectivity index (χ4n) is 3.81. The van der Waals surface area contributed by atoms with Gasteiger partial charge in [-0.15, -0.1) is 24.0 Å². The molecule has 2 aliphatic heterocycles. The molecule has 1 aromatic carbocycles. The number of hydrogen-bond acceptors (Lipinski definition) is 4. The predicted octanol–water partition coefficient (Wildman–Crippen LogP) is 1.34. The highest BCUT2D eigenvalue weighted by Crippen LogP contribution is 2.13. The van der Waals surface area contributed by atoms with Gasteiger partial charge >= 0.3 is 0 Å². The molecule has 2 heterocycles. The van der Waals surface area contributed by atoms with E-state index in [1.807, 2.05) is 39.0 Å². The predicted molar refractivity (Wildman–Crippen MR) is 134 cm³/mol. The number of nitrogens with one attached hydrogen (secondary N) is 1. The Labute approximate surface area is 206 Å². The van der Waals surface area contributed by atoms with Crippen LogP contribution in [0.1, 0.15) is 12.5 Å². The van der Waals surface area contributed by atoms with Crippen molar-refractivity contribution in [1.29, 1.82) is 0 Å². The Hall–Kier alpha value is -1.59. The molecule has 1 aromatic rings. The van der Waals surface area contributed by atoms with Crippen LogP contribution in [-0.2, 0) is 16.1 Å². The average Bonchev–Trinajstić information content (AvgIpc) is 2.74. The molecule has 0 bridgehead atoms. The van der Waals surface area contributed by atoms with Crippen LogP contribution < -0.4 is 5.32 Å². The number of benzene rings is 1. The van der Waals surface area contributed by atoms with Crippen LogP contribution in [0, 0.1) is 0 Å². The monoisotopic (exact) mass is 562 g/mol. The normalized spacial score (nSPS) is 18.1. The SMILES string of the molecule is CN=C(NCCN1CCN(C(C)=O)CC1)N1CCN(Cc2ccc(Cl)cc2)C(=O)C1.I. The minimum Gasteiger partial charge on any atom is -0.355 e. The first kappa shape index (κ1) is 25.7. The van der Waals surface area contributed by atoms with Gasteiger partial charge in [-0.05, 0) is 17.7 Å². The van der Waals surface area contributed by atoms with Crippen LogP contribution in [0.25, 0.3) is 0 Å². The number of amides is 2. The van der Waals surface area contributed by atoms with Gasteiger partial charge in [0.2, 0.25) is 11.8 Å². The van der Waals surface area contributed by atoms with Crippen molar-refractivity contribution >= 4 is 53.4 Å². The summed E-state index contributed by atoms with van der Waals surface area (Å²) in [6.45, 7) is 8.95. The number of halogens is 2. The zero-order chi connectivity index (χ0) is 21.5. The van der Waals surface area contributed by atoms with Crippen LogP contribution in [0.15, 0.2) is 29.3 Å². The lowest BCUT2D eigenvalue weighted by Gasteiger charge is -2.37. The molecular formula is C21H32ClIN6O2. The summed E-state index contributed by atoms with van der Waals surface area (Å²) in [6, 6.07) is 7.62. The van der Waals surface area contributed by atoms with Crippen LogP contribution in [0.2, 0.25) is 5.02 Å². The third-order valence-electron chi connectivity index (χ3n) is 5.65. The molecule has 0 unspecified atom stereocenters. The first-order chi connectivity index (χ1) is 14.5. The molecule has 0 radical (unpaired) electrons. The van der Waals surface area contributed by atoms with Gasteiger partial charge in [-0.1, -0.05) is 23.7 Å². The molecule has 1 N–H and O–H groups in total. The van der Waals surface area contributed by atoms with Crippen molar-refractivity contribution in [3.05, 3.63) is 34.9 Å². The maximum atomic E-state index is 12.6. The van der Waals surface area contributed by atoms with E-state index in [1.165, 1.54) is 0 Å². The maximum absolute atomic E-state index is 12.6. The number of carbonyl (C=O) groups is 2. The summed E-state index contributed by atoms with van der Waals surface area (Å²) in [5, 5.41) is 4.08. The van der Waals surface area contributed by atoms with Gasteiger partial charge in [-0.3, -0.25) is 19.5 Å². The van der Waals surface area contributed by atoms with Crippen LogP contribution in [0.4, 0.5) is 0 Å². The number of guanidine groups is 1. The number of aliphatic imine (C=N–C) groups is 1. The molecule has 10 heteroatoms. The topological polar surface area (TPSA) is 71.5 Å². The standard InChI is InChI=1S/C21H31ClN6O2.HI/c1-17(29)26-11-9-25(10-12-26)8-7-24-21(23-2)28-14-13-27(20(30)16-28)15-18-3-5-19(22)6-4-18;/h3-6H,7-16H2,1-2H3,(H,23,24);1H. The van der Waals surface area contributed by atoms with Crippen molar-refractivity contribution < 1.29 is 9.59 Å². The quantitative estimate of drug-likeness (QED) is 0.333. The zero-order valence-corrected chi connectivity index (χ0v) is 21.3. The average molecular weight is 563 g/mol. The number of piperazine rings is 2. The molecule has 0 aliphatic carbocycles. The van der Waals surface area contributed by atoms with Crippen molar-refractivity contribution in [2.24, 2.45) is 4.99 Å². The summed E-state index contributed by atoms with van der Waals surface area (Å²) < 4.78 is 0. The molecule has 0 aromatic heterocycles. The van der Waals surface area contributed by atoms with E-state index >= 15 is 0 Å². The van der Waals surface area contributed by atoms with Crippen LogP contribution in [-0.4, -0.2) is 103 Å². The van der Waals surface area contributed by atoms with Gasteiger partial charge in [-0.25, -0.2) is 0 Å². The molecule has 0 saturated carbocycles. The van der Waals surface area contributed by atoms with Gasteiger partial charge in [0.05, 0.1) is 6.54 Å². The Bertz CT molecular complexity index is 768. The molecule has 2 amide bonds. The fraction of sp³-hybridized carbons (Fsp3) is 0.571. The largest absolute Gasteiger partial charge is 0.355 e. The minimum absolute atomic E-state index is 0. The number of nitrogens with zero attached hydrogens (tertiary/aromatic N) is 5. The summed E-state index contributed by atoms with van der Waals surface area (Å²) in [4.78, 5) is 36.5. The molecule has 0 atom stereocenters. The third-order valence-corrected chi connectivity index (χ3v) is 5.90. The van der Waals surface area contributed by atoms with Crippen LogP contribution >= 0.6 is 35.6 Å². The number of carbonyl (C=O) groups excluding carboxylic acids is 2. The molecule has 8 nitrogen and oxygen atoms in total. The maximum Gasteiger partial charge on any atom is 0.242 e. The second-order valence-electron chi connectivity index (χ2n) is 7.69. The fourth-order valence-corrected chi connectivity index (χ4v) is 3.94. The lowest BCUT2D eigenvalue weighted by atomic mass is 10.2. The molecule has 2 fully saturated rings. The summed E-state index contributed by atoms with van der Waals surface area (Å²) in [5.74, 6) is 1.00. The lowest BCUT2D eigenvalue weighted by molar-refractivity contribution is -0.135. The third kappa shape index (κ3) is 7.50. The van der Waals surface area contributed by atoms with Gasteiger partial charge in [-0.2, -0.15) is 0 Å². The molecule has 3 rings (SSSR count). The van der Waals surface area contributed by atoms with Gasteiger partial charge in [0.15, 0.2) is 5.96 Å². The summed E-state index contributed by atoms with van der Waals surface area (Å²) in [5.41, 5.74) is 1.08. The van der Waals surface area contributed by atoms with E-state index in [2.05, 4.69) is 15.2 Å². The Kier molecular flexibility index (Phi) is 10.3.